The Kier molecular flexibility index (Phi) is 5.26. The normalized spacial score (nSPS) is 14.2. The summed E-state index contributed by atoms with van der Waals surface area (Å²) in [6.45, 7) is 2.25. The highest BCUT2D eigenvalue weighted by Gasteiger charge is 2.20. The second kappa shape index (κ2) is 7.16. The summed E-state index contributed by atoms with van der Waals surface area (Å²) >= 11 is 0. The predicted molar refractivity (Wildman–Crippen MR) is 81.6 cm³/mol. The van der Waals surface area contributed by atoms with Crippen LogP contribution in [0.1, 0.15) is 38.2 Å². The number of benzene rings is 1. The zero-order valence-corrected chi connectivity index (χ0v) is 12.9. The lowest BCUT2D eigenvalue weighted by molar-refractivity contribution is -0.142. The molecule has 0 amide bonds. The minimum Gasteiger partial charge on any atom is -0.497 e. The van der Waals surface area contributed by atoms with Crippen molar-refractivity contribution in [2.45, 2.75) is 32.6 Å². The first kappa shape index (κ1) is 15.4. The summed E-state index contributed by atoms with van der Waals surface area (Å²) < 4.78 is 15.7. The third kappa shape index (κ3) is 3.78. The number of methoxy groups -OCH3 is 2. The fourth-order valence-electron chi connectivity index (χ4n) is 2.72. The molecule has 0 heterocycles. The van der Waals surface area contributed by atoms with Crippen molar-refractivity contribution in [2.24, 2.45) is 0 Å². The number of allylic oxidation sites excluding steroid dienone is 1. The summed E-state index contributed by atoms with van der Waals surface area (Å²) in [6.07, 6.45) is 3.38. The Hall–Kier alpha value is -1.97. The molecule has 0 atom stereocenters. The fourth-order valence-corrected chi connectivity index (χ4v) is 2.72. The summed E-state index contributed by atoms with van der Waals surface area (Å²) in [4.78, 5) is 11.7. The van der Waals surface area contributed by atoms with Gasteiger partial charge in [-0.3, -0.25) is 4.79 Å². The van der Waals surface area contributed by atoms with E-state index >= 15 is 0 Å². The van der Waals surface area contributed by atoms with E-state index in [0.717, 1.165) is 36.3 Å². The lowest BCUT2D eigenvalue weighted by Crippen LogP contribution is -2.05. The van der Waals surface area contributed by atoms with Crippen molar-refractivity contribution in [3.05, 3.63) is 29.3 Å². The SMILES string of the molecule is CCOC(=O)CC1=C(c2cc(OC)cc(OC)c2)CCC1. The molecule has 1 aliphatic carbocycles. The van der Waals surface area contributed by atoms with Gasteiger partial charge in [0, 0.05) is 6.07 Å². The van der Waals surface area contributed by atoms with E-state index < -0.39 is 0 Å². The van der Waals surface area contributed by atoms with Gasteiger partial charge >= 0.3 is 5.97 Å². The summed E-state index contributed by atoms with van der Waals surface area (Å²) in [7, 11) is 3.28. The van der Waals surface area contributed by atoms with E-state index in [4.69, 9.17) is 14.2 Å². The lowest BCUT2D eigenvalue weighted by atomic mass is 10.00. The van der Waals surface area contributed by atoms with Gasteiger partial charge < -0.3 is 14.2 Å². The number of ether oxygens (including phenoxy) is 3. The fraction of sp³-hybridized carbons (Fsp3) is 0.471. The first-order valence-corrected chi connectivity index (χ1v) is 7.28. The van der Waals surface area contributed by atoms with Gasteiger partial charge in [-0.1, -0.05) is 5.57 Å². The third-order valence-corrected chi connectivity index (χ3v) is 3.70. The van der Waals surface area contributed by atoms with E-state index in [9.17, 15) is 4.79 Å². The molecule has 1 aromatic carbocycles. The maximum atomic E-state index is 11.7. The van der Waals surface area contributed by atoms with Crippen molar-refractivity contribution < 1.29 is 19.0 Å². The Morgan fingerprint density at radius 2 is 1.76 bits per heavy atom. The van der Waals surface area contributed by atoms with E-state index in [0.29, 0.717) is 13.0 Å². The molecule has 1 aliphatic rings. The molecule has 1 aromatic rings. The first-order chi connectivity index (χ1) is 10.2. The summed E-state index contributed by atoms with van der Waals surface area (Å²) in [6, 6.07) is 5.84. The van der Waals surface area contributed by atoms with Crippen LogP contribution in [0.2, 0.25) is 0 Å². The van der Waals surface area contributed by atoms with E-state index in [1.54, 1.807) is 14.2 Å². The minimum absolute atomic E-state index is 0.151. The van der Waals surface area contributed by atoms with Gasteiger partial charge in [0.05, 0.1) is 27.2 Å². The molecule has 0 N–H and O–H groups in total. The Labute approximate surface area is 125 Å². The van der Waals surface area contributed by atoms with Crippen LogP contribution in [-0.2, 0) is 9.53 Å². The highest BCUT2D eigenvalue weighted by atomic mass is 16.5. The molecule has 0 spiro atoms. The van der Waals surface area contributed by atoms with Crippen molar-refractivity contribution in [2.75, 3.05) is 20.8 Å². The molecule has 114 valence electrons. The molecule has 0 saturated heterocycles. The van der Waals surface area contributed by atoms with Gasteiger partial charge in [0.15, 0.2) is 0 Å². The quantitative estimate of drug-likeness (QED) is 0.751. The molecule has 21 heavy (non-hydrogen) atoms. The van der Waals surface area contributed by atoms with Crippen LogP contribution < -0.4 is 9.47 Å². The van der Waals surface area contributed by atoms with E-state index in [1.807, 2.05) is 25.1 Å². The molecule has 0 aromatic heterocycles. The monoisotopic (exact) mass is 290 g/mol. The second-order valence-corrected chi connectivity index (χ2v) is 5.02. The van der Waals surface area contributed by atoms with Crippen LogP contribution in [0.3, 0.4) is 0 Å². The van der Waals surface area contributed by atoms with Crippen LogP contribution in [0.25, 0.3) is 5.57 Å². The summed E-state index contributed by atoms with van der Waals surface area (Å²) in [5.41, 5.74) is 3.46. The zero-order chi connectivity index (χ0) is 15.2. The van der Waals surface area contributed by atoms with E-state index in [-0.39, 0.29) is 5.97 Å². The maximum Gasteiger partial charge on any atom is 0.309 e. The zero-order valence-electron chi connectivity index (χ0n) is 12.9. The molecule has 4 nitrogen and oxygen atoms in total. The number of carbonyl (C=O) groups is 1. The standard InChI is InChI=1S/C17H22O4/c1-4-21-17(18)10-12-6-5-7-16(12)13-8-14(19-2)11-15(9-13)20-3/h8-9,11H,4-7,10H2,1-3H3. The molecule has 0 unspecified atom stereocenters. The topological polar surface area (TPSA) is 44.8 Å². The Balaban J connectivity index is 2.31. The van der Waals surface area contributed by atoms with Gasteiger partial charge in [-0.25, -0.2) is 0 Å². The van der Waals surface area contributed by atoms with Crippen LogP contribution in [0.15, 0.2) is 23.8 Å². The first-order valence-electron chi connectivity index (χ1n) is 7.28. The minimum atomic E-state index is -0.151. The Bertz CT molecular complexity index is 523. The number of hydrogen-bond acceptors (Lipinski definition) is 4. The van der Waals surface area contributed by atoms with Crippen molar-refractivity contribution >= 4 is 11.5 Å². The number of carbonyl (C=O) groups excluding carboxylic acids is 1. The van der Waals surface area contributed by atoms with E-state index in [1.165, 1.54) is 11.1 Å². The molecule has 0 aliphatic heterocycles. The van der Waals surface area contributed by atoms with Crippen LogP contribution in [0, 0.1) is 0 Å². The molecule has 0 bridgehead atoms. The van der Waals surface area contributed by atoms with Crippen LogP contribution in [0.4, 0.5) is 0 Å². The predicted octanol–water partition coefficient (Wildman–Crippen LogP) is 3.59. The van der Waals surface area contributed by atoms with Crippen LogP contribution in [-0.4, -0.2) is 26.8 Å². The van der Waals surface area contributed by atoms with Gasteiger partial charge in [0.2, 0.25) is 0 Å². The maximum absolute atomic E-state index is 11.7. The number of rotatable bonds is 6. The molecule has 0 saturated carbocycles. The smallest absolute Gasteiger partial charge is 0.309 e. The molecule has 4 heteroatoms. The number of esters is 1. The second-order valence-electron chi connectivity index (χ2n) is 5.02. The molecular weight excluding hydrogens is 268 g/mol. The highest BCUT2D eigenvalue weighted by Crippen LogP contribution is 2.38. The Morgan fingerprint density at radius 3 is 2.33 bits per heavy atom. The van der Waals surface area contributed by atoms with Crippen LogP contribution >= 0.6 is 0 Å². The van der Waals surface area contributed by atoms with Crippen molar-refractivity contribution in [3.8, 4) is 11.5 Å². The summed E-state index contributed by atoms with van der Waals surface area (Å²) in [5.74, 6) is 1.38. The third-order valence-electron chi connectivity index (χ3n) is 3.70. The Morgan fingerprint density at radius 1 is 1.10 bits per heavy atom. The summed E-state index contributed by atoms with van der Waals surface area (Å²) in [5, 5.41) is 0. The number of hydrogen-bond donors (Lipinski definition) is 0. The van der Waals surface area contributed by atoms with E-state index in [2.05, 4.69) is 0 Å². The highest BCUT2D eigenvalue weighted by molar-refractivity contribution is 5.80. The molecule has 0 radical (unpaired) electrons. The molecule has 2 rings (SSSR count). The van der Waals surface area contributed by atoms with Gasteiger partial charge in [-0.15, -0.1) is 0 Å². The van der Waals surface area contributed by atoms with Crippen molar-refractivity contribution in [1.29, 1.82) is 0 Å². The van der Waals surface area contributed by atoms with Crippen LogP contribution in [0.5, 0.6) is 11.5 Å². The molecule has 0 fully saturated rings. The van der Waals surface area contributed by atoms with Gasteiger partial charge in [-0.2, -0.15) is 0 Å². The molecular formula is C17H22O4. The largest absolute Gasteiger partial charge is 0.497 e. The average Bonchev–Trinajstić information content (AvgIpc) is 2.94. The van der Waals surface area contributed by atoms with Gasteiger partial charge in [0.25, 0.3) is 0 Å². The van der Waals surface area contributed by atoms with Gasteiger partial charge in [-0.05, 0) is 49.5 Å². The van der Waals surface area contributed by atoms with Gasteiger partial charge in [0.1, 0.15) is 11.5 Å². The average molecular weight is 290 g/mol. The van der Waals surface area contributed by atoms with Crippen molar-refractivity contribution in [3.63, 3.8) is 0 Å². The van der Waals surface area contributed by atoms with Crippen molar-refractivity contribution in [1.82, 2.24) is 0 Å². The lowest BCUT2D eigenvalue weighted by Gasteiger charge is -2.11.